The number of nitrogens with two attached hydrogens (primary N) is 1. The molecular weight excluding hydrogens is 541 g/mol. The molecule has 4 rings (SSSR count). The van der Waals surface area contributed by atoms with Gasteiger partial charge in [-0.1, -0.05) is 19.9 Å². The third-order valence-electron chi connectivity index (χ3n) is 6.14. The van der Waals surface area contributed by atoms with Crippen molar-refractivity contribution in [1.82, 2.24) is 14.7 Å². The van der Waals surface area contributed by atoms with Crippen molar-refractivity contribution in [2.75, 3.05) is 35.1 Å². The number of ether oxygens (including phenoxy) is 1. The molecule has 1 fully saturated rings. The second kappa shape index (κ2) is 11.0. The van der Waals surface area contributed by atoms with Crippen molar-refractivity contribution in [3.05, 3.63) is 59.9 Å². The standard InChI is InChI=1S/C27H34FN5O4S2/c1-17(2)14-37-20-12-18(11-19(28)13-20)22-10-9-21(25(30-22)33-16-38(5)15-27(33,3)4)26(34)32-39(35,36)24-8-6-7-23(29)31-24/h6-13,17,38H,14-16H2,1-5H3,(H2,29,31)(H,32,34). The second-order valence-electron chi connectivity index (χ2n) is 10.7. The summed E-state index contributed by atoms with van der Waals surface area (Å²) in [5, 5.41) is -0.366. The Labute approximate surface area is 231 Å². The van der Waals surface area contributed by atoms with E-state index in [-0.39, 0.29) is 38.8 Å². The summed E-state index contributed by atoms with van der Waals surface area (Å²) in [6, 6.07) is 11.6. The van der Waals surface area contributed by atoms with Gasteiger partial charge in [-0.25, -0.2) is 30.0 Å². The molecule has 0 saturated carbocycles. The zero-order chi connectivity index (χ0) is 28.5. The summed E-state index contributed by atoms with van der Waals surface area (Å²) in [4.78, 5) is 24.0. The predicted octanol–water partition coefficient (Wildman–Crippen LogP) is 4.21. The number of nitrogens with one attached hydrogen (secondary N) is 1. The lowest BCUT2D eigenvalue weighted by Gasteiger charge is -2.33. The third kappa shape index (κ3) is 6.62. The van der Waals surface area contributed by atoms with Gasteiger partial charge in [-0.15, -0.1) is 0 Å². The van der Waals surface area contributed by atoms with Crippen LogP contribution in [0.25, 0.3) is 11.3 Å². The fourth-order valence-electron chi connectivity index (χ4n) is 4.44. The monoisotopic (exact) mass is 575 g/mol. The molecule has 1 amide bonds. The first-order valence-electron chi connectivity index (χ1n) is 12.5. The van der Waals surface area contributed by atoms with Crippen LogP contribution in [0.1, 0.15) is 38.1 Å². The van der Waals surface area contributed by atoms with Crippen LogP contribution in [-0.4, -0.2) is 54.3 Å². The highest BCUT2D eigenvalue weighted by atomic mass is 32.2. The maximum absolute atomic E-state index is 14.5. The minimum absolute atomic E-state index is 0.0130. The van der Waals surface area contributed by atoms with Crippen molar-refractivity contribution in [1.29, 1.82) is 0 Å². The number of hydrogen-bond acceptors (Lipinski definition) is 8. The van der Waals surface area contributed by atoms with E-state index in [0.717, 1.165) is 5.75 Å². The first-order valence-corrected chi connectivity index (χ1v) is 16.1. The summed E-state index contributed by atoms with van der Waals surface area (Å²) in [5.41, 5.74) is 6.30. The van der Waals surface area contributed by atoms with E-state index >= 15 is 0 Å². The quantitative estimate of drug-likeness (QED) is 0.341. The number of thiol groups is 1. The van der Waals surface area contributed by atoms with Crippen LogP contribution in [0.15, 0.2) is 53.6 Å². The van der Waals surface area contributed by atoms with Crippen LogP contribution < -0.4 is 20.1 Å². The van der Waals surface area contributed by atoms with Crippen molar-refractivity contribution in [2.24, 2.45) is 5.92 Å². The number of amides is 1. The van der Waals surface area contributed by atoms with Crippen LogP contribution in [0.3, 0.4) is 0 Å². The van der Waals surface area contributed by atoms with Gasteiger partial charge in [0.15, 0.2) is 5.03 Å². The first-order chi connectivity index (χ1) is 18.2. The maximum Gasteiger partial charge on any atom is 0.281 e. The minimum atomic E-state index is -4.30. The highest BCUT2D eigenvalue weighted by molar-refractivity contribution is 8.16. The number of sulfonamides is 1. The number of aromatic nitrogens is 2. The zero-order valence-electron chi connectivity index (χ0n) is 22.6. The molecule has 2 aromatic heterocycles. The van der Waals surface area contributed by atoms with Crippen LogP contribution in [0.4, 0.5) is 16.0 Å². The van der Waals surface area contributed by atoms with Crippen molar-refractivity contribution in [2.45, 2.75) is 38.3 Å². The number of anilines is 2. The molecule has 1 aromatic carbocycles. The zero-order valence-corrected chi connectivity index (χ0v) is 24.3. The average molecular weight is 576 g/mol. The van der Waals surface area contributed by atoms with Gasteiger partial charge < -0.3 is 15.4 Å². The lowest BCUT2D eigenvalue weighted by Crippen LogP contribution is -2.42. The van der Waals surface area contributed by atoms with Crippen LogP contribution >= 0.6 is 10.9 Å². The summed E-state index contributed by atoms with van der Waals surface area (Å²) in [5.74, 6) is 1.24. The number of pyridine rings is 2. The molecule has 3 aromatic rings. The topological polar surface area (TPSA) is 128 Å². The van der Waals surface area contributed by atoms with Gasteiger partial charge in [0.2, 0.25) is 0 Å². The van der Waals surface area contributed by atoms with Gasteiger partial charge in [0, 0.05) is 23.0 Å². The number of benzene rings is 1. The Morgan fingerprint density at radius 3 is 2.59 bits per heavy atom. The van der Waals surface area contributed by atoms with Crippen LogP contribution in [0.5, 0.6) is 5.75 Å². The molecule has 12 heteroatoms. The smallest absolute Gasteiger partial charge is 0.281 e. The summed E-state index contributed by atoms with van der Waals surface area (Å²) in [6.45, 7) is 8.55. The molecule has 3 heterocycles. The molecule has 0 aliphatic carbocycles. The second-order valence-corrected chi connectivity index (χ2v) is 14.6. The van der Waals surface area contributed by atoms with Crippen molar-refractivity contribution < 1.29 is 22.3 Å². The van der Waals surface area contributed by atoms with Gasteiger partial charge in [-0.3, -0.25) is 4.79 Å². The molecule has 0 radical (unpaired) electrons. The summed E-state index contributed by atoms with van der Waals surface area (Å²) >= 11 is 0. The first kappa shape index (κ1) is 28.6. The van der Waals surface area contributed by atoms with E-state index in [4.69, 9.17) is 15.5 Å². The molecule has 210 valence electrons. The summed E-state index contributed by atoms with van der Waals surface area (Å²) in [7, 11) is -4.66. The number of carbonyl (C=O) groups is 1. The number of carbonyl (C=O) groups excluding carboxylic acids is 1. The van der Waals surface area contributed by atoms with E-state index in [2.05, 4.69) is 29.8 Å². The van der Waals surface area contributed by atoms with Gasteiger partial charge in [0.25, 0.3) is 15.9 Å². The number of hydrogen-bond donors (Lipinski definition) is 3. The van der Waals surface area contributed by atoms with E-state index in [1.165, 1.54) is 36.4 Å². The number of halogens is 1. The molecule has 0 bridgehead atoms. The van der Waals surface area contributed by atoms with Crippen LogP contribution in [0.2, 0.25) is 0 Å². The Bertz CT molecular complexity index is 1500. The van der Waals surface area contributed by atoms with Gasteiger partial charge in [-0.05, 0) is 68.2 Å². The van der Waals surface area contributed by atoms with E-state index in [9.17, 15) is 17.6 Å². The fourth-order valence-corrected chi connectivity index (χ4v) is 7.97. The lowest BCUT2D eigenvalue weighted by atomic mass is 10.0. The molecule has 1 saturated heterocycles. The minimum Gasteiger partial charge on any atom is -0.493 e. The average Bonchev–Trinajstić information content (AvgIpc) is 3.13. The molecular formula is C27H34FN5O4S2. The largest absolute Gasteiger partial charge is 0.493 e. The lowest BCUT2D eigenvalue weighted by molar-refractivity contribution is 0.0981. The van der Waals surface area contributed by atoms with E-state index in [0.29, 0.717) is 35.3 Å². The number of nitrogens with zero attached hydrogens (tertiary/aromatic N) is 3. The molecule has 1 aliphatic heterocycles. The van der Waals surface area contributed by atoms with Gasteiger partial charge in [0.05, 0.1) is 17.9 Å². The van der Waals surface area contributed by atoms with Gasteiger partial charge in [0.1, 0.15) is 23.2 Å². The number of nitrogen functional groups attached to an aromatic ring is 1. The Morgan fingerprint density at radius 1 is 1.21 bits per heavy atom. The Hall–Kier alpha value is -3.38. The molecule has 9 nitrogen and oxygen atoms in total. The summed E-state index contributed by atoms with van der Waals surface area (Å²) in [6.07, 6.45) is 2.17. The molecule has 0 spiro atoms. The molecule has 3 N–H and O–H groups in total. The molecule has 1 unspecified atom stereocenters. The summed E-state index contributed by atoms with van der Waals surface area (Å²) < 4.78 is 48.2. The highest BCUT2D eigenvalue weighted by Gasteiger charge is 2.38. The molecule has 39 heavy (non-hydrogen) atoms. The van der Waals surface area contributed by atoms with E-state index < -0.39 is 21.7 Å². The van der Waals surface area contributed by atoms with Crippen molar-refractivity contribution in [3.63, 3.8) is 0 Å². The predicted molar refractivity (Wildman–Crippen MR) is 154 cm³/mol. The Balaban J connectivity index is 1.76. The van der Waals surface area contributed by atoms with Crippen molar-refractivity contribution >= 4 is 38.5 Å². The third-order valence-corrected chi connectivity index (χ3v) is 9.46. The molecule has 1 atom stereocenters. The Morgan fingerprint density at radius 2 is 1.95 bits per heavy atom. The SMILES string of the molecule is CC(C)COc1cc(F)cc(-c2ccc(C(=O)NS(=O)(=O)c3cccc(N)n3)c(N3C[SH](C)CC3(C)C)n2)c1. The fraction of sp³-hybridized carbons (Fsp3) is 0.370. The number of rotatable bonds is 8. The normalized spacial score (nSPS) is 17.8. The van der Waals surface area contributed by atoms with Crippen molar-refractivity contribution in [3.8, 4) is 17.0 Å². The van der Waals surface area contributed by atoms with Crippen LogP contribution in [-0.2, 0) is 10.0 Å². The van der Waals surface area contributed by atoms with E-state index in [1.807, 2.05) is 18.7 Å². The van der Waals surface area contributed by atoms with Gasteiger partial charge >= 0.3 is 0 Å². The Kier molecular flexibility index (Phi) is 8.08. The van der Waals surface area contributed by atoms with Crippen LogP contribution in [0, 0.1) is 11.7 Å². The van der Waals surface area contributed by atoms with E-state index in [1.54, 1.807) is 12.1 Å². The maximum atomic E-state index is 14.5. The molecule has 1 aliphatic rings. The highest BCUT2D eigenvalue weighted by Crippen LogP contribution is 2.43. The van der Waals surface area contributed by atoms with Gasteiger partial charge in [-0.2, -0.15) is 8.42 Å².